The molecule has 10 aromatic carbocycles. The van der Waals surface area contributed by atoms with Gasteiger partial charge in [-0.3, -0.25) is 19.2 Å². The maximum atomic E-state index is 11.1. The lowest BCUT2D eigenvalue weighted by Crippen LogP contribution is -2.28. The van der Waals surface area contributed by atoms with E-state index in [4.69, 9.17) is 105 Å². The molecule has 36 heteroatoms. The number of aliphatic hydroxyl groups is 4. The number of halogens is 4. The van der Waals surface area contributed by atoms with Crippen LogP contribution in [0.2, 0.25) is 20.1 Å². The molecule has 0 spiro atoms. The van der Waals surface area contributed by atoms with Gasteiger partial charge in [0.2, 0.25) is 0 Å². The zero-order valence-corrected chi connectivity index (χ0v) is 81.5. The third-order valence-corrected chi connectivity index (χ3v) is 23.8. The van der Waals surface area contributed by atoms with Crippen LogP contribution in [0, 0.1) is 95.7 Å². The average Bonchev–Trinajstić information content (AvgIpc) is 0.785. The Hall–Kier alpha value is -15.4. The molecule has 0 amide bonds. The van der Waals surface area contributed by atoms with Crippen LogP contribution in [0.5, 0.6) is 46.0 Å². The molecule has 4 atom stereocenters. The number of carbonyl (C=O) groups is 4. The van der Waals surface area contributed by atoms with Gasteiger partial charge in [-0.1, -0.05) is 131 Å². The molecule has 0 aliphatic rings. The molecule has 0 fully saturated rings. The molecule has 144 heavy (non-hydrogen) atoms. The van der Waals surface area contributed by atoms with Crippen LogP contribution in [0.15, 0.2) is 194 Å². The summed E-state index contributed by atoms with van der Waals surface area (Å²) < 4.78 is 50.2. The predicted molar refractivity (Wildman–Crippen MR) is 533 cm³/mol. The summed E-state index contributed by atoms with van der Waals surface area (Å²) in [5.74, 6) is -1.62. The molecular weight excluding hydrogens is 1930 g/mol. The normalized spacial score (nSPS) is 11.7. The summed E-state index contributed by atoms with van der Waals surface area (Å²) in [7, 11) is 0. The second-order valence-corrected chi connectivity index (χ2v) is 34.9. The highest BCUT2D eigenvalue weighted by Gasteiger charge is 2.25. The molecule has 0 aliphatic heterocycles. The number of aliphatic carboxylic acids is 4. The fourth-order valence-corrected chi connectivity index (χ4v) is 16.2. The summed E-state index contributed by atoms with van der Waals surface area (Å²) in [5, 5.41) is 147. The molecular formula is C108H100Cl4N12O20. The molecule has 0 unspecified atom stereocenters. The highest BCUT2D eigenvalue weighted by Crippen LogP contribution is 2.42. The van der Waals surface area contributed by atoms with Crippen LogP contribution in [-0.2, 0) is 98.2 Å². The molecule has 2 aromatic heterocycles. The Morgan fingerprint density at radius 1 is 0.292 bits per heavy atom. The standard InChI is InChI=1S/C56H50Cl2N6O10.C52H50Cl2N6O10/c1-33-41(31-73-53-19-51(71-29-39-11-35(21-59)9-36(12-39)22-60)43(15-49(53)57)25-63-27-45(65)17-55(67)68)5-3-7-47(33)48-8-4-6-42(34(48)2)32-74-54-20-52(72-30-40-13-37(23-61)10-38(14-40)24-62)44(16-50(54)58)26-64-28-46(66)18-56(69)70;1-31-33(27-67-49-19-47(69-29-39-11-5-9-37(21-55)59-39)35(15-45(49)53)23-57-25-41(61)17-51(63)64)7-3-13-43(31)44-14-4-8-34(32(44)2)28-68-50-20-48(70-30-40-12-6-10-38(22-56)60-40)36(16-46(50)54)24-58-26-42(62)18-52(65)66/h3-16,19-20,45-46,63-66H,17-18,25-32H2,1-2H3,(H,67,68)(H,69,70);3-16,19-20,41-42,57-58,61-62H,17-18,23-30H2,1-2H3,(H,63,64)(H,65,66)/t45-,46-;41-,42-/m00/s1. The molecule has 32 nitrogen and oxygen atoms in total. The lowest BCUT2D eigenvalue weighted by atomic mass is 9.92. The third-order valence-electron chi connectivity index (χ3n) is 22.7. The van der Waals surface area contributed by atoms with Crippen molar-refractivity contribution in [2.24, 2.45) is 0 Å². The maximum Gasteiger partial charge on any atom is 0.306 e. The summed E-state index contributed by atoms with van der Waals surface area (Å²) >= 11 is 27.2. The minimum atomic E-state index is -1.13. The molecule has 0 bridgehead atoms. The fourth-order valence-electron chi connectivity index (χ4n) is 15.3. The van der Waals surface area contributed by atoms with E-state index in [1.54, 1.807) is 109 Å². The zero-order valence-electron chi connectivity index (χ0n) is 78.5. The van der Waals surface area contributed by atoms with Crippen LogP contribution in [0.3, 0.4) is 0 Å². The van der Waals surface area contributed by atoms with Crippen LogP contribution in [0.1, 0.15) is 149 Å². The monoisotopic (exact) mass is 2020 g/mol. The number of pyridine rings is 2. The van der Waals surface area contributed by atoms with Crippen LogP contribution in [0.25, 0.3) is 22.3 Å². The fraction of sp³-hybridized carbons (Fsp3) is 0.259. The number of carboxylic acids is 4. The van der Waals surface area contributed by atoms with E-state index in [-0.39, 0.29) is 127 Å². The van der Waals surface area contributed by atoms with E-state index in [0.29, 0.717) is 123 Å². The maximum absolute atomic E-state index is 11.1. The first-order valence-corrected chi connectivity index (χ1v) is 46.5. The molecule has 0 aliphatic carbocycles. The minimum Gasteiger partial charge on any atom is -0.488 e. The second-order valence-electron chi connectivity index (χ2n) is 33.3. The molecule has 2 heterocycles. The number of hydrogen-bond donors (Lipinski definition) is 12. The Kier molecular flexibility index (Phi) is 40.8. The Bertz CT molecular complexity index is 6460. The summed E-state index contributed by atoms with van der Waals surface area (Å²) in [4.78, 5) is 52.9. The number of benzene rings is 10. The highest BCUT2D eigenvalue weighted by atomic mass is 35.5. The van der Waals surface area contributed by atoms with E-state index < -0.39 is 74.0 Å². The number of ether oxygens (including phenoxy) is 8. The van der Waals surface area contributed by atoms with Crippen molar-refractivity contribution < 1.29 is 97.9 Å². The number of nitrogens with one attached hydrogen (secondary N) is 4. The minimum absolute atomic E-state index is 0.00568. The number of aromatic nitrogens is 2. The Morgan fingerprint density at radius 2 is 0.521 bits per heavy atom. The van der Waals surface area contributed by atoms with Gasteiger partial charge in [-0.2, -0.15) is 31.6 Å². The first-order valence-electron chi connectivity index (χ1n) is 45.0. The SMILES string of the molecule is Cc1c(COc2cc(OCc3cc(C#N)cc(C#N)c3)c(CNC[C@@H](O)CC(=O)O)cc2Cl)cccc1-c1cccc(COc2cc(OCc3cc(C#N)cc(C#N)c3)c(CNC[C@@H](O)CC(=O)O)cc2Cl)c1C.Cc1c(COc2cc(OCc3cccc(C#N)n3)c(CNC[C@@H](O)CC(=O)O)cc2Cl)cccc1-c1cccc(COc2cc(OCc3cccc(C#N)n3)c(CNC[C@@H](O)CC(=O)O)cc2Cl)c1C. The number of nitriles is 6. The Labute approximate surface area is 850 Å². The van der Waals surface area contributed by atoms with Crippen LogP contribution in [-0.4, -0.2) is 125 Å². The van der Waals surface area contributed by atoms with E-state index in [1.165, 1.54) is 12.1 Å². The largest absolute Gasteiger partial charge is 0.488 e. The first-order chi connectivity index (χ1) is 69.3. The highest BCUT2D eigenvalue weighted by molar-refractivity contribution is 6.33. The molecule has 0 radical (unpaired) electrons. The van der Waals surface area contributed by atoms with E-state index in [9.17, 15) is 71.2 Å². The van der Waals surface area contributed by atoms with Crippen molar-refractivity contribution >= 4 is 70.3 Å². The zero-order chi connectivity index (χ0) is 103. The lowest BCUT2D eigenvalue weighted by molar-refractivity contribution is -0.140. The van der Waals surface area contributed by atoms with Crippen molar-refractivity contribution in [3.05, 3.63) is 337 Å². The van der Waals surface area contributed by atoms with Gasteiger partial charge < -0.3 is 100 Å². The van der Waals surface area contributed by atoms with Crippen molar-refractivity contribution in [1.29, 1.82) is 31.6 Å². The quantitative estimate of drug-likeness (QED) is 0.0168. The van der Waals surface area contributed by atoms with Gasteiger partial charge in [-0.15, -0.1) is 0 Å². The summed E-state index contributed by atoms with van der Waals surface area (Å²) in [6, 6.07) is 68.8. The number of aliphatic hydroxyl groups excluding tert-OH is 4. The van der Waals surface area contributed by atoms with E-state index in [1.807, 2.05) is 113 Å². The number of carboxylic acid groups (broad SMARTS) is 4. The van der Waals surface area contributed by atoms with Gasteiger partial charge in [-0.05, 0) is 191 Å². The van der Waals surface area contributed by atoms with Gasteiger partial charge in [0.25, 0.3) is 0 Å². The van der Waals surface area contributed by atoms with Crippen molar-refractivity contribution in [2.75, 3.05) is 26.2 Å². The summed E-state index contributed by atoms with van der Waals surface area (Å²) in [6.07, 6.45) is -6.15. The average molecular weight is 2030 g/mol. The number of rotatable bonds is 50. The van der Waals surface area contributed by atoms with Gasteiger partial charge >= 0.3 is 23.9 Å². The first kappa shape index (κ1) is 109. The van der Waals surface area contributed by atoms with Crippen LogP contribution < -0.4 is 59.2 Å². The van der Waals surface area contributed by atoms with Crippen molar-refractivity contribution in [3.63, 3.8) is 0 Å². The third kappa shape index (κ3) is 32.3. The molecule has 12 aromatic rings. The lowest BCUT2D eigenvalue weighted by Gasteiger charge is -2.19. The van der Waals surface area contributed by atoms with Gasteiger partial charge in [-0.25, -0.2) is 9.97 Å². The topological polar surface area (TPSA) is 521 Å². The number of hydrogen-bond acceptors (Lipinski definition) is 28. The molecule has 12 rings (SSSR count). The molecule has 0 saturated carbocycles. The Balaban J connectivity index is 0.000000275. The van der Waals surface area contributed by atoms with Crippen molar-refractivity contribution in [2.45, 2.75) is 157 Å². The molecule has 0 saturated heterocycles. The van der Waals surface area contributed by atoms with Crippen LogP contribution >= 0.6 is 46.4 Å². The van der Waals surface area contributed by atoms with Gasteiger partial charge in [0.15, 0.2) is 0 Å². The van der Waals surface area contributed by atoms with E-state index >= 15 is 0 Å². The summed E-state index contributed by atoms with van der Waals surface area (Å²) in [6.45, 7) is 9.33. The predicted octanol–water partition coefficient (Wildman–Crippen LogP) is 16.9. The van der Waals surface area contributed by atoms with E-state index in [2.05, 4.69) is 55.5 Å². The van der Waals surface area contributed by atoms with E-state index in [0.717, 1.165) is 66.8 Å². The van der Waals surface area contributed by atoms with Gasteiger partial charge in [0.05, 0.1) is 128 Å². The smallest absolute Gasteiger partial charge is 0.306 e. The van der Waals surface area contributed by atoms with Crippen LogP contribution in [0.4, 0.5) is 0 Å². The van der Waals surface area contributed by atoms with Crippen molar-refractivity contribution in [3.8, 4) is 105 Å². The molecule has 740 valence electrons. The molecule has 12 N–H and O–H groups in total. The van der Waals surface area contributed by atoms with Crippen molar-refractivity contribution in [1.82, 2.24) is 31.2 Å². The van der Waals surface area contributed by atoms with Gasteiger partial charge in [0.1, 0.15) is 122 Å². The Morgan fingerprint density at radius 3 is 0.750 bits per heavy atom. The van der Waals surface area contributed by atoms with Gasteiger partial charge in [0, 0.05) is 98.9 Å². The second kappa shape index (κ2) is 54.0. The summed E-state index contributed by atoms with van der Waals surface area (Å²) in [5.41, 5.74) is 17.5. The number of nitrogens with zero attached hydrogens (tertiary/aromatic N) is 8.